The number of amides is 1. The van der Waals surface area contributed by atoms with Crippen LogP contribution < -0.4 is 10.1 Å². The van der Waals surface area contributed by atoms with Crippen LogP contribution in [-0.2, 0) is 4.74 Å². The van der Waals surface area contributed by atoms with Gasteiger partial charge < -0.3 is 19.7 Å². The Morgan fingerprint density at radius 1 is 1.14 bits per heavy atom. The molecule has 4 rings (SSSR count). The smallest absolute Gasteiger partial charge is 0.410 e. The van der Waals surface area contributed by atoms with Crippen LogP contribution in [0.5, 0.6) is 5.88 Å². The Morgan fingerprint density at radius 2 is 1.86 bits per heavy atom. The van der Waals surface area contributed by atoms with Crippen molar-refractivity contribution in [2.45, 2.75) is 64.2 Å². The van der Waals surface area contributed by atoms with E-state index in [0.29, 0.717) is 30.8 Å². The predicted molar refractivity (Wildman–Crippen MR) is 108 cm³/mol. The van der Waals surface area contributed by atoms with Crippen LogP contribution in [0, 0.1) is 0 Å². The lowest BCUT2D eigenvalue weighted by Crippen LogP contribution is -2.46. The molecule has 1 aromatic carbocycles. The average molecular weight is 384 g/mol. The van der Waals surface area contributed by atoms with Gasteiger partial charge in [-0.25, -0.2) is 14.8 Å². The summed E-state index contributed by atoms with van der Waals surface area (Å²) < 4.78 is 11.8. The Labute approximate surface area is 165 Å². The second-order valence-corrected chi connectivity index (χ2v) is 8.59. The number of anilines is 1. The largest absolute Gasteiger partial charge is 0.470 e. The third kappa shape index (κ3) is 4.64. The lowest BCUT2D eigenvalue weighted by molar-refractivity contribution is 0.00733. The van der Waals surface area contributed by atoms with E-state index >= 15 is 0 Å². The van der Waals surface area contributed by atoms with Crippen molar-refractivity contribution in [2.75, 3.05) is 18.4 Å². The highest BCUT2D eigenvalue weighted by molar-refractivity contribution is 5.77. The van der Waals surface area contributed by atoms with E-state index in [9.17, 15) is 4.79 Å². The molecule has 1 aromatic heterocycles. The number of rotatable bonds is 4. The summed E-state index contributed by atoms with van der Waals surface area (Å²) in [7, 11) is 0. The Hall–Kier alpha value is -2.57. The fraction of sp³-hybridized carbons (Fsp3) is 0.571. The van der Waals surface area contributed by atoms with Crippen LogP contribution in [-0.4, -0.2) is 51.8 Å². The van der Waals surface area contributed by atoms with Gasteiger partial charge in [0.25, 0.3) is 5.88 Å². The standard InChI is InChI=1S/C21H28N4O3/c1-21(2,3)28-20(26)25-12-6-7-15(13-25)27-19-18(22-14-10-11-14)23-16-8-4-5-9-17(16)24-19/h4-5,8-9,14-15H,6-7,10-13H2,1-3H3,(H,22,23)/t15-/m0/s1. The molecule has 1 aliphatic heterocycles. The molecule has 150 valence electrons. The average Bonchev–Trinajstić information content (AvgIpc) is 3.45. The highest BCUT2D eigenvalue weighted by Crippen LogP contribution is 2.31. The highest BCUT2D eigenvalue weighted by atomic mass is 16.6. The summed E-state index contributed by atoms with van der Waals surface area (Å²) in [6, 6.07) is 8.24. The second kappa shape index (κ2) is 7.45. The Balaban J connectivity index is 1.51. The predicted octanol–water partition coefficient (Wildman–Crippen LogP) is 3.98. The number of fused-ring (bicyclic) bond motifs is 1. The van der Waals surface area contributed by atoms with Crippen molar-refractivity contribution in [1.29, 1.82) is 0 Å². The number of para-hydroxylation sites is 2. The number of carbonyl (C=O) groups is 1. The van der Waals surface area contributed by atoms with E-state index in [1.807, 2.05) is 45.0 Å². The maximum atomic E-state index is 12.4. The van der Waals surface area contributed by atoms with E-state index in [1.54, 1.807) is 4.90 Å². The molecule has 0 radical (unpaired) electrons. The van der Waals surface area contributed by atoms with Gasteiger partial charge in [-0.15, -0.1) is 0 Å². The Kier molecular flexibility index (Phi) is 5.00. The number of hydrogen-bond donors (Lipinski definition) is 1. The van der Waals surface area contributed by atoms with Gasteiger partial charge in [0.05, 0.1) is 17.6 Å². The van der Waals surface area contributed by atoms with Crippen molar-refractivity contribution in [3.05, 3.63) is 24.3 Å². The number of nitrogens with one attached hydrogen (secondary N) is 1. The SMILES string of the molecule is CC(C)(C)OC(=O)N1CCC[C@H](Oc2nc3ccccc3nc2NC2CC2)C1. The van der Waals surface area contributed by atoms with E-state index in [4.69, 9.17) is 19.4 Å². The monoisotopic (exact) mass is 384 g/mol. The second-order valence-electron chi connectivity index (χ2n) is 8.59. The van der Waals surface area contributed by atoms with Crippen LogP contribution in [0.2, 0.25) is 0 Å². The van der Waals surface area contributed by atoms with Crippen molar-refractivity contribution < 1.29 is 14.3 Å². The number of aromatic nitrogens is 2. The first kappa shape index (κ1) is 18.8. The highest BCUT2D eigenvalue weighted by Gasteiger charge is 2.30. The van der Waals surface area contributed by atoms with Crippen LogP contribution in [0.1, 0.15) is 46.5 Å². The first-order chi connectivity index (χ1) is 13.4. The first-order valence-electron chi connectivity index (χ1n) is 10.1. The number of ether oxygens (including phenoxy) is 2. The number of benzene rings is 1. The van der Waals surface area contributed by atoms with Gasteiger partial charge in [0.1, 0.15) is 11.7 Å². The summed E-state index contributed by atoms with van der Waals surface area (Å²) in [4.78, 5) is 23.6. The number of hydrogen-bond acceptors (Lipinski definition) is 6. The zero-order chi connectivity index (χ0) is 19.7. The molecule has 1 saturated carbocycles. The third-order valence-corrected chi connectivity index (χ3v) is 4.76. The van der Waals surface area contributed by atoms with Crippen LogP contribution in [0.15, 0.2) is 24.3 Å². The maximum Gasteiger partial charge on any atom is 0.410 e. The molecule has 2 aliphatic rings. The van der Waals surface area contributed by atoms with Crippen LogP contribution in [0.3, 0.4) is 0 Å². The summed E-state index contributed by atoms with van der Waals surface area (Å²) in [5, 5.41) is 3.43. The molecular formula is C21H28N4O3. The summed E-state index contributed by atoms with van der Waals surface area (Å²) >= 11 is 0. The van der Waals surface area contributed by atoms with Gasteiger partial charge in [-0.3, -0.25) is 0 Å². The number of carbonyl (C=O) groups excluding carboxylic acids is 1. The lowest BCUT2D eigenvalue weighted by Gasteiger charge is -2.34. The topological polar surface area (TPSA) is 76.6 Å². The lowest BCUT2D eigenvalue weighted by atomic mass is 10.1. The Morgan fingerprint density at radius 3 is 2.54 bits per heavy atom. The number of likely N-dealkylation sites (tertiary alicyclic amines) is 1. The van der Waals surface area contributed by atoms with Crippen molar-refractivity contribution in [3.8, 4) is 5.88 Å². The molecule has 28 heavy (non-hydrogen) atoms. The maximum absolute atomic E-state index is 12.4. The molecular weight excluding hydrogens is 356 g/mol. The van der Waals surface area contributed by atoms with E-state index in [0.717, 1.165) is 36.7 Å². The van der Waals surface area contributed by atoms with Gasteiger partial charge in [0, 0.05) is 12.6 Å². The van der Waals surface area contributed by atoms with Crippen LogP contribution in [0.4, 0.5) is 10.6 Å². The molecule has 1 amide bonds. The van der Waals surface area contributed by atoms with Gasteiger partial charge in [0.15, 0.2) is 5.82 Å². The van der Waals surface area contributed by atoms with E-state index in [1.165, 1.54) is 0 Å². The van der Waals surface area contributed by atoms with Gasteiger partial charge in [-0.05, 0) is 58.6 Å². The molecule has 2 aromatic rings. The van der Waals surface area contributed by atoms with E-state index < -0.39 is 5.60 Å². The summed E-state index contributed by atoms with van der Waals surface area (Å²) in [6.07, 6.45) is 3.61. The normalized spacial score (nSPS) is 20.1. The van der Waals surface area contributed by atoms with Gasteiger partial charge >= 0.3 is 6.09 Å². The quantitative estimate of drug-likeness (QED) is 0.859. The molecule has 0 unspecified atom stereocenters. The molecule has 7 nitrogen and oxygen atoms in total. The minimum absolute atomic E-state index is 0.128. The summed E-state index contributed by atoms with van der Waals surface area (Å²) in [5.74, 6) is 1.21. The van der Waals surface area contributed by atoms with Crippen LogP contribution in [0.25, 0.3) is 11.0 Å². The fourth-order valence-electron chi connectivity index (χ4n) is 3.27. The minimum atomic E-state index is -0.504. The third-order valence-electron chi connectivity index (χ3n) is 4.76. The van der Waals surface area contributed by atoms with E-state index in [-0.39, 0.29) is 12.2 Å². The summed E-state index contributed by atoms with van der Waals surface area (Å²) in [6.45, 7) is 6.81. The molecule has 0 bridgehead atoms. The fourth-order valence-corrected chi connectivity index (χ4v) is 3.27. The van der Waals surface area contributed by atoms with Gasteiger partial charge in [-0.1, -0.05) is 12.1 Å². The first-order valence-corrected chi connectivity index (χ1v) is 10.1. The van der Waals surface area contributed by atoms with Crippen molar-refractivity contribution in [2.24, 2.45) is 0 Å². The minimum Gasteiger partial charge on any atom is -0.470 e. The number of nitrogens with zero attached hydrogens (tertiary/aromatic N) is 3. The molecule has 7 heteroatoms. The van der Waals surface area contributed by atoms with Crippen LogP contribution >= 0.6 is 0 Å². The molecule has 2 fully saturated rings. The van der Waals surface area contributed by atoms with Crippen molar-refractivity contribution >= 4 is 22.9 Å². The zero-order valence-electron chi connectivity index (χ0n) is 16.8. The Bertz CT molecular complexity index is 860. The summed E-state index contributed by atoms with van der Waals surface area (Å²) in [5.41, 5.74) is 1.14. The van der Waals surface area contributed by atoms with E-state index in [2.05, 4.69) is 5.32 Å². The molecule has 1 aliphatic carbocycles. The van der Waals surface area contributed by atoms with Crippen molar-refractivity contribution in [1.82, 2.24) is 14.9 Å². The molecule has 2 heterocycles. The molecule has 1 atom stereocenters. The van der Waals surface area contributed by atoms with Gasteiger partial charge in [0.2, 0.25) is 0 Å². The number of piperidine rings is 1. The molecule has 1 saturated heterocycles. The molecule has 0 spiro atoms. The zero-order valence-corrected chi connectivity index (χ0v) is 16.8. The molecule has 1 N–H and O–H groups in total. The van der Waals surface area contributed by atoms with Gasteiger partial charge in [-0.2, -0.15) is 0 Å². The van der Waals surface area contributed by atoms with Crippen molar-refractivity contribution in [3.63, 3.8) is 0 Å².